The maximum Gasteiger partial charge on any atom is 0.240 e. The summed E-state index contributed by atoms with van der Waals surface area (Å²) in [5.74, 6) is -0.0554. The van der Waals surface area contributed by atoms with E-state index in [-0.39, 0.29) is 16.1 Å². The van der Waals surface area contributed by atoms with Gasteiger partial charge in [-0.3, -0.25) is 0 Å². The number of sulfonamides is 1. The maximum atomic E-state index is 12.1. The van der Waals surface area contributed by atoms with Crippen LogP contribution in [0.1, 0.15) is 19.8 Å². The number of phenols is 1. The van der Waals surface area contributed by atoms with Crippen LogP contribution < -0.4 is 4.72 Å². The monoisotopic (exact) mass is 285 g/mol. The Morgan fingerprint density at radius 2 is 2.05 bits per heavy atom. The molecule has 19 heavy (non-hydrogen) atoms. The maximum absolute atomic E-state index is 12.1. The summed E-state index contributed by atoms with van der Waals surface area (Å²) in [6, 6.07) is 5.67. The summed E-state index contributed by atoms with van der Waals surface area (Å²) in [6.45, 7) is 3.78. The topological polar surface area (TPSA) is 75.6 Å². The Bertz CT molecular complexity index is 535. The zero-order valence-corrected chi connectivity index (χ0v) is 11.7. The highest BCUT2D eigenvalue weighted by molar-refractivity contribution is 7.89. The fourth-order valence-corrected chi connectivity index (χ4v) is 3.28. The number of benzene rings is 1. The van der Waals surface area contributed by atoms with Gasteiger partial charge in [0.15, 0.2) is 0 Å². The molecule has 1 aliphatic rings. The van der Waals surface area contributed by atoms with Crippen LogP contribution in [0.15, 0.2) is 29.2 Å². The smallest absolute Gasteiger partial charge is 0.240 e. The minimum absolute atomic E-state index is 0.0554. The van der Waals surface area contributed by atoms with Crippen LogP contribution in [-0.4, -0.2) is 33.3 Å². The van der Waals surface area contributed by atoms with Crippen molar-refractivity contribution in [2.24, 2.45) is 5.41 Å². The second-order valence-corrected chi connectivity index (χ2v) is 7.01. The fourth-order valence-electron chi connectivity index (χ4n) is 2.04. The first-order chi connectivity index (χ1) is 8.91. The molecule has 2 rings (SSSR count). The molecule has 1 fully saturated rings. The molecule has 1 aromatic carbocycles. The fraction of sp³-hybridized carbons (Fsp3) is 0.538. The standard InChI is InChI=1S/C13H19NO4S/c1-13(5-7-18-8-6-13)10-14-19(16,17)12-4-2-3-11(15)9-12/h2-4,9,14-15H,5-8,10H2,1H3. The minimum atomic E-state index is -3.57. The van der Waals surface area contributed by atoms with Gasteiger partial charge in [-0.2, -0.15) is 0 Å². The second-order valence-electron chi connectivity index (χ2n) is 5.24. The highest BCUT2D eigenvalue weighted by Crippen LogP contribution is 2.29. The molecule has 1 aliphatic heterocycles. The number of nitrogens with one attached hydrogen (secondary N) is 1. The quantitative estimate of drug-likeness (QED) is 0.879. The molecule has 5 nitrogen and oxygen atoms in total. The van der Waals surface area contributed by atoms with Crippen molar-refractivity contribution in [3.63, 3.8) is 0 Å². The minimum Gasteiger partial charge on any atom is -0.508 e. The van der Waals surface area contributed by atoms with E-state index >= 15 is 0 Å². The third-order valence-corrected chi connectivity index (χ3v) is 4.92. The molecule has 106 valence electrons. The van der Waals surface area contributed by atoms with E-state index in [1.165, 1.54) is 24.3 Å². The summed E-state index contributed by atoms with van der Waals surface area (Å²) >= 11 is 0. The lowest BCUT2D eigenvalue weighted by Gasteiger charge is -2.33. The van der Waals surface area contributed by atoms with Gasteiger partial charge in [-0.25, -0.2) is 13.1 Å². The Balaban J connectivity index is 2.05. The Hall–Kier alpha value is -1.11. The van der Waals surface area contributed by atoms with E-state index in [4.69, 9.17) is 4.74 Å². The van der Waals surface area contributed by atoms with Crippen LogP contribution in [0.4, 0.5) is 0 Å². The number of aromatic hydroxyl groups is 1. The van der Waals surface area contributed by atoms with Crippen molar-refractivity contribution in [3.05, 3.63) is 24.3 Å². The van der Waals surface area contributed by atoms with Gasteiger partial charge < -0.3 is 9.84 Å². The first-order valence-electron chi connectivity index (χ1n) is 6.28. The molecular weight excluding hydrogens is 266 g/mol. The number of hydrogen-bond acceptors (Lipinski definition) is 4. The van der Waals surface area contributed by atoms with Gasteiger partial charge in [-0.1, -0.05) is 13.0 Å². The Labute approximate surface area is 113 Å². The summed E-state index contributed by atoms with van der Waals surface area (Å²) in [7, 11) is -3.57. The summed E-state index contributed by atoms with van der Waals surface area (Å²) < 4.78 is 32.1. The Kier molecular flexibility index (Phi) is 4.13. The second kappa shape index (κ2) is 5.48. The van der Waals surface area contributed by atoms with E-state index in [1.807, 2.05) is 0 Å². The molecule has 0 amide bonds. The molecular formula is C13H19NO4S. The molecule has 2 N–H and O–H groups in total. The van der Waals surface area contributed by atoms with Gasteiger partial charge in [0.2, 0.25) is 10.0 Å². The van der Waals surface area contributed by atoms with Crippen molar-refractivity contribution in [1.29, 1.82) is 0 Å². The number of rotatable bonds is 4. The van der Waals surface area contributed by atoms with E-state index in [0.29, 0.717) is 19.8 Å². The summed E-state index contributed by atoms with van der Waals surface area (Å²) in [5, 5.41) is 9.34. The largest absolute Gasteiger partial charge is 0.508 e. The van der Waals surface area contributed by atoms with Crippen molar-refractivity contribution < 1.29 is 18.3 Å². The average molecular weight is 285 g/mol. The van der Waals surface area contributed by atoms with Gasteiger partial charge in [0, 0.05) is 19.8 Å². The van der Waals surface area contributed by atoms with Crippen LogP contribution in [0.3, 0.4) is 0 Å². The van der Waals surface area contributed by atoms with Crippen LogP contribution in [0, 0.1) is 5.41 Å². The molecule has 0 saturated carbocycles. The van der Waals surface area contributed by atoms with Crippen molar-refractivity contribution in [3.8, 4) is 5.75 Å². The predicted octanol–water partition coefficient (Wildman–Crippen LogP) is 1.49. The molecule has 0 bridgehead atoms. The van der Waals surface area contributed by atoms with Crippen LogP contribution in [-0.2, 0) is 14.8 Å². The molecule has 1 aromatic rings. The average Bonchev–Trinajstić information content (AvgIpc) is 2.38. The number of phenolic OH excluding ortho intramolecular Hbond substituents is 1. The molecule has 0 spiro atoms. The summed E-state index contributed by atoms with van der Waals surface area (Å²) in [5.41, 5.74) is -0.0673. The van der Waals surface area contributed by atoms with Crippen LogP contribution >= 0.6 is 0 Å². The predicted molar refractivity (Wildman–Crippen MR) is 71.5 cm³/mol. The lowest BCUT2D eigenvalue weighted by molar-refractivity contribution is 0.0265. The van der Waals surface area contributed by atoms with Gasteiger partial charge in [0.1, 0.15) is 5.75 Å². The van der Waals surface area contributed by atoms with E-state index in [0.717, 1.165) is 12.8 Å². The van der Waals surface area contributed by atoms with Gasteiger partial charge in [0.05, 0.1) is 4.90 Å². The Morgan fingerprint density at radius 3 is 2.68 bits per heavy atom. The van der Waals surface area contributed by atoms with Crippen molar-refractivity contribution >= 4 is 10.0 Å². The van der Waals surface area contributed by atoms with E-state index in [9.17, 15) is 13.5 Å². The normalized spacial score (nSPS) is 19.2. The third-order valence-electron chi connectivity index (χ3n) is 3.52. The van der Waals surface area contributed by atoms with Crippen molar-refractivity contribution in [2.75, 3.05) is 19.8 Å². The van der Waals surface area contributed by atoms with Crippen molar-refractivity contribution in [1.82, 2.24) is 4.72 Å². The first-order valence-corrected chi connectivity index (χ1v) is 7.76. The van der Waals surface area contributed by atoms with Crippen LogP contribution in [0.5, 0.6) is 5.75 Å². The molecule has 0 aromatic heterocycles. The van der Waals surface area contributed by atoms with E-state index in [1.54, 1.807) is 0 Å². The lowest BCUT2D eigenvalue weighted by Crippen LogP contribution is -2.39. The third kappa shape index (κ3) is 3.68. The number of ether oxygens (including phenoxy) is 1. The highest BCUT2D eigenvalue weighted by atomic mass is 32.2. The zero-order chi connectivity index (χ0) is 13.9. The van der Waals surface area contributed by atoms with Crippen molar-refractivity contribution in [2.45, 2.75) is 24.7 Å². The SMILES string of the molecule is CC1(CNS(=O)(=O)c2cccc(O)c2)CCOCC1. The van der Waals surface area contributed by atoms with Gasteiger partial charge in [0.25, 0.3) is 0 Å². The molecule has 0 aliphatic carbocycles. The first kappa shape index (κ1) is 14.3. The zero-order valence-electron chi connectivity index (χ0n) is 10.9. The molecule has 0 atom stereocenters. The number of hydrogen-bond donors (Lipinski definition) is 2. The molecule has 0 unspecified atom stereocenters. The summed E-state index contributed by atoms with van der Waals surface area (Å²) in [4.78, 5) is 0.0863. The van der Waals surface area contributed by atoms with E-state index < -0.39 is 10.0 Å². The van der Waals surface area contributed by atoms with Gasteiger partial charge >= 0.3 is 0 Å². The van der Waals surface area contributed by atoms with Gasteiger partial charge in [-0.05, 0) is 36.5 Å². The molecule has 6 heteroatoms. The summed E-state index contributed by atoms with van der Waals surface area (Å²) in [6.07, 6.45) is 1.69. The molecule has 1 saturated heterocycles. The molecule has 1 heterocycles. The van der Waals surface area contributed by atoms with Crippen LogP contribution in [0.2, 0.25) is 0 Å². The van der Waals surface area contributed by atoms with E-state index in [2.05, 4.69) is 11.6 Å². The van der Waals surface area contributed by atoms with Gasteiger partial charge in [-0.15, -0.1) is 0 Å². The lowest BCUT2D eigenvalue weighted by atomic mass is 9.83. The molecule has 0 radical (unpaired) electrons. The Morgan fingerprint density at radius 1 is 1.37 bits per heavy atom. The highest BCUT2D eigenvalue weighted by Gasteiger charge is 2.29. The van der Waals surface area contributed by atoms with Crippen LogP contribution in [0.25, 0.3) is 0 Å².